The first-order valence-corrected chi connectivity index (χ1v) is 14.9. The van der Waals surface area contributed by atoms with Crippen LogP contribution in [0.4, 0.5) is 0 Å². The summed E-state index contributed by atoms with van der Waals surface area (Å²) in [6, 6.07) is 10.3. The quantitative estimate of drug-likeness (QED) is 0.374. The SMILES string of the molecule is CC(C)CCC[C@@H](C)[C@H]1CC[C@H]2[C@@H]3CCC(=O)/C=C(/c4ccccc4)[C@H]4C[C@@](C)(OO4)[C@H]3CC[C@]12C. The molecule has 0 aromatic heterocycles. The molecule has 0 radical (unpaired) electrons. The average Bonchev–Trinajstić information content (AvgIpc) is 3.41. The molecule has 1 saturated heterocycles. The summed E-state index contributed by atoms with van der Waals surface area (Å²) in [4.78, 5) is 25.6. The van der Waals surface area contributed by atoms with Crippen molar-refractivity contribution < 1.29 is 14.6 Å². The summed E-state index contributed by atoms with van der Waals surface area (Å²) in [5.41, 5.74) is 2.17. The van der Waals surface area contributed by atoms with Crippen LogP contribution in [0.1, 0.15) is 104 Å². The molecule has 0 spiro atoms. The van der Waals surface area contributed by atoms with E-state index in [1.165, 1.54) is 44.9 Å². The monoisotopic (exact) mass is 492 g/mol. The molecule has 8 atom stereocenters. The average molecular weight is 493 g/mol. The molecule has 1 aliphatic heterocycles. The Morgan fingerprint density at radius 2 is 1.75 bits per heavy atom. The van der Waals surface area contributed by atoms with Crippen molar-refractivity contribution in [3.63, 3.8) is 0 Å². The minimum atomic E-state index is -0.286. The van der Waals surface area contributed by atoms with Crippen molar-refractivity contribution in [1.29, 1.82) is 0 Å². The predicted octanol–water partition coefficient (Wildman–Crippen LogP) is 8.43. The van der Waals surface area contributed by atoms with Gasteiger partial charge in [0.1, 0.15) is 11.7 Å². The molecular formula is C33H48O3. The van der Waals surface area contributed by atoms with Gasteiger partial charge >= 0.3 is 0 Å². The van der Waals surface area contributed by atoms with Crippen LogP contribution in [0.5, 0.6) is 0 Å². The first-order valence-electron chi connectivity index (χ1n) is 14.9. The molecule has 198 valence electrons. The Bertz CT molecular complexity index is 951. The number of rotatable bonds is 6. The molecule has 5 rings (SSSR count). The van der Waals surface area contributed by atoms with Gasteiger partial charge in [-0.15, -0.1) is 0 Å². The lowest BCUT2D eigenvalue weighted by Gasteiger charge is -2.53. The third-order valence-electron chi connectivity index (χ3n) is 10.9. The highest BCUT2D eigenvalue weighted by atomic mass is 17.2. The summed E-state index contributed by atoms with van der Waals surface area (Å²) < 4.78 is 0. The van der Waals surface area contributed by atoms with Crippen molar-refractivity contribution in [2.75, 3.05) is 0 Å². The molecular weight excluding hydrogens is 444 g/mol. The van der Waals surface area contributed by atoms with Crippen LogP contribution in [-0.4, -0.2) is 17.5 Å². The van der Waals surface area contributed by atoms with Gasteiger partial charge in [0.05, 0.1) is 0 Å². The molecule has 0 unspecified atom stereocenters. The summed E-state index contributed by atoms with van der Waals surface area (Å²) in [5.74, 6) is 4.34. The molecule has 0 N–H and O–H groups in total. The number of hydrogen-bond donors (Lipinski definition) is 0. The summed E-state index contributed by atoms with van der Waals surface area (Å²) in [6.07, 6.45) is 13.4. The molecule has 3 aliphatic carbocycles. The van der Waals surface area contributed by atoms with Gasteiger partial charge in [-0.25, -0.2) is 9.78 Å². The summed E-state index contributed by atoms with van der Waals surface area (Å²) in [6.45, 7) is 12.1. The van der Waals surface area contributed by atoms with Crippen molar-refractivity contribution in [2.24, 2.45) is 40.9 Å². The summed E-state index contributed by atoms with van der Waals surface area (Å²) >= 11 is 0. The van der Waals surface area contributed by atoms with E-state index in [1.807, 2.05) is 24.3 Å². The number of ketones is 1. The maximum absolute atomic E-state index is 13.3. The van der Waals surface area contributed by atoms with Crippen molar-refractivity contribution >= 4 is 11.4 Å². The minimum Gasteiger partial charge on any atom is -0.295 e. The lowest BCUT2D eigenvalue weighted by molar-refractivity contribution is -0.332. The van der Waals surface area contributed by atoms with E-state index in [1.54, 1.807) is 0 Å². The van der Waals surface area contributed by atoms with Gasteiger partial charge in [-0.1, -0.05) is 77.3 Å². The molecule has 4 aliphatic rings. The first kappa shape index (κ1) is 26.2. The Hall–Kier alpha value is -1.45. The van der Waals surface area contributed by atoms with Gasteiger partial charge in [0.15, 0.2) is 5.78 Å². The predicted molar refractivity (Wildman–Crippen MR) is 146 cm³/mol. The van der Waals surface area contributed by atoms with E-state index in [9.17, 15) is 4.79 Å². The van der Waals surface area contributed by atoms with Crippen molar-refractivity contribution in [2.45, 2.75) is 111 Å². The largest absolute Gasteiger partial charge is 0.295 e. The van der Waals surface area contributed by atoms with Gasteiger partial charge in [-0.3, -0.25) is 4.79 Å². The lowest BCUT2D eigenvalue weighted by Crippen LogP contribution is -2.50. The minimum absolute atomic E-state index is 0.175. The molecule has 1 aromatic rings. The van der Waals surface area contributed by atoms with Gasteiger partial charge in [-0.2, -0.15) is 0 Å². The van der Waals surface area contributed by atoms with Crippen LogP contribution in [-0.2, 0) is 14.6 Å². The van der Waals surface area contributed by atoms with Crippen LogP contribution in [0.25, 0.3) is 5.57 Å². The van der Waals surface area contributed by atoms with Crippen LogP contribution in [0, 0.1) is 40.9 Å². The number of carbonyl (C=O) groups is 1. The highest BCUT2D eigenvalue weighted by Crippen LogP contribution is 2.64. The second-order valence-electron chi connectivity index (χ2n) is 13.6. The number of allylic oxidation sites excluding steroid dienone is 1. The van der Waals surface area contributed by atoms with Crippen LogP contribution < -0.4 is 0 Å². The van der Waals surface area contributed by atoms with E-state index in [0.717, 1.165) is 41.7 Å². The van der Waals surface area contributed by atoms with Crippen molar-refractivity contribution in [3.05, 3.63) is 42.0 Å². The van der Waals surface area contributed by atoms with Crippen LogP contribution in [0.3, 0.4) is 0 Å². The molecule has 36 heavy (non-hydrogen) atoms. The van der Waals surface area contributed by atoms with E-state index < -0.39 is 0 Å². The second kappa shape index (κ2) is 10.4. The molecule has 2 saturated carbocycles. The Balaban J connectivity index is 1.39. The zero-order chi connectivity index (χ0) is 25.5. The molecule has 0 amide bonds. The van der Waals surface area contributed by atoms with E-state index in [0.29, 0.717) is 29.6 Å². The number of fused-ring (bicyclic) bond motifs is 6. The topological polar surface area (TPSA) is 35.5 Å². The first-order chi connectivity index (χ1) is 17.2. The molecule has 3 heteroatoms. The number of hydrogen-bond acceptors (Lipinski definition) is 3. The normalized spacial score (nSPS) is 40.9. The molecule has 3 fully saturated rings. The Kier molecular flexibility index (Phi) is 7.54. The van der Waals surface area contributed by atoms with Gasteiger partial charge in [0.2, 0.25) is 0 Å². The van der Waals surface area contributed by atoms with Gasteiger partial charge in [-0.05, 0) is 97.2 Å². The maximum atomic E-state index is 13.3. The zero-order valence-electron chi connectivity index (χ0n) is 23.3. The molecule has 1 heterocycles. The Morgan fingerprint density at radius 3 is 2.50 bits per heavy atom. The third kappa shape index (κ3) is 4.87. The second-order valence-corrected chi connectivity index (χ2v) is 13.6. The summed E-state index contributed by atoms with van der Waals surface area (Å²) in [5, 5.41) is 0. The van der Waals surface area contributed by atoms with Gasteiger partial charge in [0, 0.05) is 12.8 Å². The van der Waals surface area contributed by atoms with E-state index in [2.05, 4.69) is 46.8 Å². The molecule has 1 aromatic carbocycles. The molecule has 3 nitrogen and oxygen atoms in total. The smallest absolute Gasteiger partial charge is 0.156 e. The van der Waals surface area contributed by atoms with Gasteiger partial charge < -0.3 is 0 Å². The fourth-order valence-corrected chi connectivity index (χ4v) is 9.00. The van der Waals surface area contributed by atoms with Crippen LogP contribution in [0.2, 0.25) is 0 Å². The van der Waals surface area contributed by atoms with Crippen molar-refractivity contribution in [1.82, 2.24) is 0 Å². The molecule has 2 bridgehead atoms. The van der Waals surface area contributed by atoms with Crippen LogP contribution >= 0.6 is 0 Å². The standard InChI is InChI=1S/C33H48O3/c1-22(2)10-9-11-23(3)28-16-17-29-26-15-14-25(34)20-27(24-12-7-6-8-13-24)31-21-33(5,36-35-31)30(26)18-19-32(28,29)4/h6-8,12-13,20,22-23,26,28-31H,9-11,14-19,21H2,1-5H3/b27-20-/t23-,26+,28-,29+,30+,31-,32-,33-/m1/s1. The van der Waals surface area contributed by atoms with Crippen LogP contribution in [0.15, 0.2) is 36.4 Å². The Labute approximate surface area is 219 Å². The zero-order valence-corrected chi connectivity index (χ0v) is 23.3. The maximum Gasteiger partial charge on any atom is 0.156 e. The van der Waals surface area contributed by atoms with E-state index in [-0.39, 0.29) is 17.5 Å². The van der Waals surface area contributed by atoms with Gasteiger partial charge in [0.25, 0.3) is 0 Å². The van der Waals surface area contributed by atoms with E-state index in [4.69, 9.17) is 9.78 Å². The number of carbonyl (C=O) groups excluding carboxylic acids is 1. The van der Waals surface area contributed by atoms with E-state index >= 15 is 0 Å². The Morgan fingerprint density at radius 1 is 0.972 bits per heavy atom. The fraction of sp³-hybridized carbons (Fsp3) is 0.727. The highest BCUT2D eigenvalue weighted by molar-refractivity contribution is 5.97. The summed E-state index contributed by atoms with van der Waals surface area (Å²) in [7, 11) is 0. The highest BCUT2D eigenvalue weighted by Gasteiger charge is 2.59. The number of benzene rings is 1. The fourth-order valence-electron chi connectivity index (χ4n) is 9.00. The van der Waals surface area contributed by atoms with Crippen molar-refractivity contribution in [3.8, 4) is 0 Å². The third-order valence-corrected chi connectivity index (χ3v) is 10.9. The lowest BCUT2D eigenvalue weighted by atomic mass is 9.52.